The summed E-state index contributed by atoms with van der Waals surface area (Å²) in [5, 5.41) is 2.87. The van der Waals surface area contributed by atoms with E-state index in [4.69, 9.17) is 9.47 Å². The third kappa shape index (κ3) is 7.49. The van der Waals surface area contributed by atoms with Crippen LogP contribution in [0.25, 0.3) is 0 Å². The summed E-state index contributed by atoms with van der Waals surface area (Å²) in [6, 6.07) is 4.97. The first-order valence-electron chi connectivity index (χ1n) is 11.9. The average Bonchev–Trinajstić information content (AvgIpc) is 2.83. The van der Waals surface area contributed by atoms with Crippen LogP contribution in [0.5, 0.6) is 11.5 Å². The molecule has 0 saturated heterocycles. The first kappa shape index (κ1) is 28.2. The molecule has 190 valence electrons. The molecule has 2 rings (SSSR count). The number of methoxy groups -OCH3 is 1. The van der Waals surface area contributed by atoms with Crippen molar-refractivity contribution in [2.45, 2.75) is 52.5 Å². The number of carbonyl (C=O) groups is 3. The Labute approximate surface area is 212 Å². The van der Waals surface area contributed by atoms with E-state index in [-0.39, 0.29) is 11.8 Å². The molecule has 0 saturated carbocycles. The maximum absolute atomic E-state index is 13.9. The van der Waals surface area contributed by atoms with Gasteiger partial charge in [0.1, 0.15) is 0 Å². The first-order chi connectivity index (χ1) is 16.9. The minimum absolute atomic E-state index is 0.209. The summed E-state index contributed by atoms with van der Waals surface area (Å²) in [5.41, 5.74) is 2.58. The molecule has 1 aromatic carbocycles. The van der Waals surface area contributed by atoms with E-state index >= 15 is 0 Å². The van der Waals surface area contributed by atoms with Crippen LogP contribution in [-0.4, -0.2) is 48.8 Å². The maximum Gasteiger partial charge on any atom is 0.260 e. The zero-order chi connectivity index (χ0) is 25.8. The quantitative estimate of drug-likeness (QED) is 0.409. The summed E-state index contributed by atoms with van der Waals surface area (Å²) in [4.78, 5) is 39.5. The molecule has 0 unspecified atom stereocenters. The lowest BCUT2D eigenvalue weighted by Gasteiger charge is -2.29. The fourth-order valence-corrected chi connectivity index (χ4v) is 4.67. The number of benzene rings is 1. The lowest BCUT2D eigenvalue weighted by molar-refractivity contribution is -0.137. The summed E-state index contributed by atoms with van der Waals surface area (Å²) in [6.45, 7) is 5.81. The molecule has 7 nitrogen and oxygen atoms in total. The summed E-state index contributed by atoms with van der Waals surface area (Å²) in [7, 11) is 1.57. The van der Waals surface area contributed by atoms with Crippen LogP contribution >= 0.6 is 11.8 Å². The number of ether oxygens (including phenoxy) is 2. The minimum atomic E-state index is -0.505. The fraction of sp³-hybridized carbons (Fsp3) is 0.444. The van der Waals surface area contributed by atoms with E-state index in [1.165, 1.54) is 11.8 Å². The zero-order valence-electron chi connectivity index (χ0n) is 21.3. The van der Waals surface area contributed by atoms with Gasteiger partial charge in [-0.25, -0.2) is 0 Å². The average molecular weight is 501 g/mol. The zero-order valence-corrected chi connectivity index (χ0v) is 22.1. The van der Waals surface area contributed by atoms with Gasteiger partial charge in [-0.1, -0.05) is 31.6 Å². The third-order valence-corrected chi connectivity index (χ3v) is 6.19. The molecule has 0 aliphatic heterocycles. The molecule has 1 aromatic rings. The molecule has 1 aliphatic carbocycles. The van der Waals surface area contributed by atoms with Crippen molar-refractivity contribution in [2.75, 3.05) is 25.7 Å². The molecule has 0 radical (unpaired) electrons. The van der Waals surface area contributed by atoms with E-state index in [0.717, 1.165) is 24.0 Å². The van der Waals surface area contributed by atoms with Crippen molar-refractivity contribution in [3.63, 3.8) is 0 Å². The van der Waals surface area contributed by atoms with Gasteiger partial charge in [0.25, 0.3) is 5.91 Å². The topological polar surface area (TPSA) is 84.9 Å². The Morgan fingerprint density at radius 3 is 2.60 bits per heavy atom. The van der Waals surface area contributed by atoms with Crippen LogP contribution in [0, 0.1) is 0 Å². The molecule has 0 spiro atoms. The SMILES string of the molecule is CCCC1=C(NC(C)=O)/C=C\CC/C=C\1C(=O)N(C=O)[C@H](CSC)c1ccc(OC)c(OCC)c1. The van der Waals surface area contributed by atoms with E-state index in [9.17, 15) is 14.4 Å². The molecule has 3 amide bonds. The summed E-state index contributed by atoms with van der Waals surface area (Å²) in [5.74, 6) is 1.08. The van der Waals surface area contributed by atoms with Gasteiger partial charge in [0.15, 0.2) is 11.5 Å². The molecular weight excluding hydrogens is 464 g/mol. The van der Waals surface area contributed by atoms with Crippen LogP contribution in [-0.2, 0) is 14.4 Å². The van der Waals surface area contributed by atoms with Crippen molar-refractivity contribution in [3.8, 4) is 11.5 Å². The molecule has 8 heteroatoms. The molecule has 1 atom stereocenters. The van der Waals surface area contributed by atoms with Gasteiger partial charge in [-0.2, -0.15) is 11.8 Å². The molecule has 0 heterocycles. The molecule has 1 aliphatic rings. The molecular formula is C27H36N2O5S. The monoisotopic (exact) mass is 500 g/mol. The van der Waals surface area contributed by atoms with Gasteiger partial charge in [0.05, 0.1) is 19.8 Å². The number of nitrogens with one attached hydrogen (secondary N) is 1. The second kappa shape index (κ2) is 14.4. The summed E-state index contributed by atoms with van der Waals surface area (Å²) < 4.78 is 11.1. The molecule has 0 bridgehead atoms. The smallest absolute Gasteiger partial charge is 0.260 e. The van der Waals surface area contributed by atoms with E-state index in [0.29, 0.717) is 54.4 Å². The number of hydrogen-bond acceptors (Lipinski definition) is 6. The van der Waals surface area contributed by atoms with Crippen LogP contribution < -0.4 is 14.8 Å². The lowest BCUT2D eigenvalue weighted by atomic mass is 9.93. The van der Waals surface area contributed by atoms with E-state index < -0.39 is 6.04 Å². The van der Waals surface area contributed by atoms with E-state index in [1.807, 2.05) is 50.5 Å². The van der Waals surface area contributed by atoms with E-state index in [1.54, 1.807) is 24.9 Å². The number of hydrogen-bond donors (Lipinski definition) is 1. The van der Waals surface area contributed by atoms with Crippen LogP contribution in [0.1, 0.15) is 58.1 Å². The Morgan fingerprint density at radius 2 is 2.00 bits per heavy atom. The Morgan fingerprint density at radius 1 is 1.23 bits per heavy atom. The van der Waals surface area contributed by atoms with Crippen LogP contribution in [0.15, 0.2) is 53.3 Å². The lowest BCUT2D eigenvalue weighted by Crippen LogP contribution is -2.37. The maximum atomic E-state index is 13.9. The predicted octanol–water partition coefficient (Wildman–Crippen LogP) is 4.95. The Bertz CT molecular complexity index is 999. The normalized spacial score (nSPS) is 18.8. The second-order valence-corrected chi connectivity index (χ2v) is 8.96. The number of rotatable bonds is 12. The molecule has 0 aromatic heterocycles. The number of carbonyl (C=O) groups excluding carboxylic acids is 3. The summed E-state index contributed by atoms with van der Waals surface area (Å²) >= 11 is 1.54. The number of thioether (sulfide) groups is 1. The van der Waals surface area contributed by atoms with Crippen molar-refractivity contribution < 1.29 is 23.9 Å². The highest BCUT2D eigenvalue weighted by atomic mass is 32.2. The highest BCUT2D eigenvalue weighted by molar-refractivity contribution is 7.98. The van der Waals surface area contributed by atoms with Gasteiger partial charge in [-0.05, 0) is 61.8 Å². The van der Waals surface area contributed by atoms with Crippen molar-refractivity contribution in [1.82, 2.24) is 10.2 Å². The van der Waals surface area contributed by atoms with Crippen LogP contribution in [0.2, 0.25) is 0 Å². The standard InChI is InChI=1S/C27H36N2O5S/c1-6-11-21-22(12-9-8-10-13-23(21)28-19(3)31)27(32)29(18-30)24(17-35-5)20-14-15-25(33-4)26(16-20)34-7-2/h10,12-16,18,24H,6-9,11,17H2,1-5H3,(H,28,31)/b13-10-,22-12+,23-21+/t24-/m1/s1. The second-order valence-electron chi connectivity index (χ2n) is 8.05. The van der Waals surface area contributed by atoms with Crippen molar-refractivity contribution >= 4 is 30.0 Å². The third-order valence-electron chi connectivity index (χ3n) is 5.54. The van der Waals surface area contributed by atoms with Crippen molar-refractivity contribution in [1.29, 1.82) is 0 Å². The van der Waals surface area contributed by atoms with Gasteiger partial charge >= 0.3 is 0 Å². The summed E-state index contributed by atoms with van der Waals surface area (Å²) in [6.07, 6.45) is 11.0. The first-order valence-corrected chi connectivity index (χ1v) is 13.3. The van der Waals surface area contributed by atoms with Crippen LogP contribution in [0.3, 0.4) is 0 Å². The molecule has 1 N–H and O–H groups in total. The Balaban J connectivity index is 2.57. The van der Waals surface area contributed by atoms with Gasteiger partial charge in [0, 0.05) is 23.9 Å². The van der Waals surface area contributed by atoms with Crippen molar-refractivity contribution in [3.05, 3.63) is 58.8 Å². The Hall–Kier alpha value is -3.00. The molecule has 0 fully saturated rings. The van der Waals surface area contributed by atoms with Crippen molar-refractivity contribution in [2.24, 2.45) is 0 Å². The highest BCUT2D eigenvalue weighted by Gasteiger charge is 2.30. The van der Waals surface area contributed by atoms with E-state index in [2.05, 4.69) is 5.32 Å². The largest absolute Gasteiger partial charge is 0.493 e. The minimum Gasteiger partial charge on any atom is -0.493 e. The number of amides is 3. The van der Waals surface area contributed by atoms with Gasteiger partial charge in [-0.15, -0.1) is 0 Å². The predicted molar refractivity (Wildman–Crippen MR) is 140 cm³/mol. The highest BCUT2D eigenvalue weighted by Crippen LogP contribution is 2.35. The fourth-order valence-electron chi connectivity index (χ4n) is 4.00. The Kier molecular flexibility index (Phi) is 11.6. The number of allylic oxidation sites excluding steroid dienone is 3. The number of nitrogens with zero attached hydrogens (tertiary/aromatic N) is 1. The van der Waals surface area contributed by atoms with Crippen LogP contribution in [0.4, 0.5) is 0 Å². The molecule has 35 heavy (non-hydrogen) atoms. The van der Waals surface area contributed by atoms with Gasteiger partial charge in [-0.3, -0.25) is 19.3 Å². The van der Waals surface area contributed by atoms with Gasteiger partial charge < -0.3 is 14.8 Å². The number of imide groups is 1. The van der Waals surface area contributed by atoms with Gasteiger partial charge in [0.2, 0.25) is 12.3 Å².